The molecule has 3 N–H and O–H groups in total. The first-order valence-corrected chi connectivity index (χ1v) is 12.8. The van der Waals surface area contributed by atoms with Crippen molar-refractivity contribution in [1.82, 2.24) is 16.0 Å². The van der Waals surface area contributed by atoms with Crippen molar-refractivity contribution in [2.24, 2.45) is 0 Å². The van der Waals surface area contributed by atoms with E-state index in [4.69, 9.17) is 4.74 Å². The molecule has 0 saturated carbocycles. The van der Waals surface area contributed by atoms with Gasteiger partial charge in [0.15, 0.2) is 0 Å². The third-order valence-electron chi connectivity index (χ3n) is 5.11. The lowest BCUT2D eigenvalue weighted by atomic mass is 10.1. The summed E-state index contributed by atoms with van der Waals surface area (Å²) in [6.45, 7) is 3.76. The Kier molecular flexibility index (Phi) is 9.71. The van der Waals surface area contributed by atoms with Gasteiger partial charge < -0.3 is 20.7 Å². The molecular weight excluding hydrogens is 512 g/mol. The second kappa shape index (κ2) is 13.2. The number of hydrogen-bond acceptors (Lipinski definition) is 8. The highest BCUT2D eigenvalue weighted by atomic mass is 32.1. The Morgan fingerprint density at radius 3 is 2.49 bits per heavy atom. The molecule has 37 heavy (non-hydrogen) atoms. The lowest BCUT2D eigenvalue weighted by Gasteiger charge is -2.16. The van der Waals surface area contributed by atoms with Crippen LogP contribution in [0.5, 0.6) is 0 Å². The highest BCUT2D eigenvalue weighted by Crippen LogP contribution is 2.22. The molecule has 3 amide bonds. The number of nitrogens with zero attached hydrogens (tertiary/aromatic N) is 1. The zero-order valence-corrected chi connectivity index (χ0v) is 21.5. The molecule has 1 unspecified atom stereocenters. The summed E-state index contributed by atoms with van der Waals surface area (Å²) < 4.78 is 4.74. The average molecular weight is 537 g/mol. The summed E-state index contributed by atoms with van der Waals surface area (Å²) >= 11 is 2.06. The minimum Gasteiger partial charge on any atom is -0.467 e. The number of esters is 1. The van der Waals surface area contributed by atoms with E-state index in [0.717, 1.165) is 29.6 Å². The van der Waals surface area contributed by atoms with Gasteiger partial charge in [-0.15, -0.1) is 29.3 Å². The summed E-state index contributed by atoms with van der Waals surface area (Å²) in [7, 11) is 1.16. The van der Waals surface area contributed by atoms with Crippen molar-refractivity contribution in [1.29, 1.82) is 5.26 Å². The summed E-state index contributed by atoms with van der Waals surface area (Å²) in [5.41, 5.74) is 1.95. The third kappa shape index (κ3) is 7.36. The molecule has 0 radical (unpaired) electrons. The van der Waals surface area contributed by atoms with E-state index in [2.05, 4.69) is 22.5 Å². The van der Waals surface area contributed by atoms with E-state index < -0.39 is 29.7 Å². The Labute approximate surface area is 221 Å². The van der Waals surface area contributed by atoms with Gasteiger partial charge in [0, 0.05) is 13.1 Å². The number of nitriles is 1. The van der Waals surface area contributed by atoms with Crippen LogP contribution >= 0.6 is 22.7 Å². The van der Waals surface area contributed by atoms with Crippen LogP contribution in [0.25, 0.3) is 0 Å². The largest absolute Gasteiger partial charge is 0.467 e. The van der Waals surface area contributed by atoms with Crippen LogP contribution < -0.4 is 16.0 Å². The van der Waals surface area contributed by atoms with Gasteiger partial charge in [-0.3, -0.25) is 14.4 Å². The standard InChI is InChI=1S/C26H24N4O5S2/c1-3-6-16-7-4-8-17(11-16)14-28-24(32)21-12-18(13-27)22(37-21)25(33)30-19(26(34)35-2)15-29-23(31)20-9-5-10-36-20/h3-5,7-12,19H,1,6,14-15H2,2H3,(H,28,32)(H,29,31)(H,30,33). The second-order valence-electron chi connectivity index (χ2n) is 7.70. The number of allylic oxidation sites excluding steroid dienone is 1. The fourth-order valence-corrected chi connectivity index (χ4v) is 4.87. The van der Waals surface area contributed by atoms with Crippen LogP contribution in [0.4, 0.5) is 0 Å². The number of amides is 3. The minimum atomic E-state index is -1.20. The summed E-state index contributed by atoms with van der Waals surface area (Å²) in [6.07, 6.45) is 2.50. The zero-order valence-electron chi connectivity index (χ0n) is 19.9. The fourth-order valence-electron chi connectivity index (χ4n) is 3.31. The molecule has 0 aliphatic carbocycles. The lowest BCUT2D eigenvalue weighted by molar-refractivity contribution is -0.142. The van der Waals surface area contributed by atoms with Gasteiger partial charge in [0.25, 0.3) is 17.7 Å². The van der Waals surface area contributed by atoms with Gasteiger partial charge in [0.1, 0.15) is 17.0 Å². The Morgan fingerprint density at radius 2 is 1.81 bits per heavy atom. The predicted octanol–water partition coefficient (Wildman–Crippen LogP) is 3.04. The van der Waals surface area contributed by atoms with E-state index in [9.17, 15) is 24.4 Å². The van der Waals surface area contributed by atoms with E-state index in [1.807, 2.05) is 30.3 Å². The van der Waals surface area contributed by atoms with Gasteiger partial charge in [-0.25, -0.2) is 4.79 Å². The van der Waals surface area contributed by atoms with Gasteiger partial charge in [-0.1, -0.05) is 36.4 Å². The molecular formula is C26H24N4O5S2. The molecule has 0 spiro atoms. The van der Waals surface area contributed by atoms with Crippen LogP contribution in [-0.4, -0.2) is 43.4 Å². The Morgan fingerprint density at radius 1 is 1.05 bits per heavy atom. The second-order valence-corrected chi connectivity index (χ2v) is 9.70. The third-order valence-corrected chi connectivity index (χ3v) is 7.11. The van der Waals surface area contributed by atoms with Crippen molar-refractivity contribution in [3.63, 3.8) is 0 Å². The molecule has 0 fully saturated rings. The molecule has 3 rings (SSSR count). The molecule has 2 heterocycles. The fraction of sp³-hybridized carbons (Fsp3) is 0.192. The minimum absolute atomic E-state index is 0.00753. The maximum atomic E-state index is 12.9. The van der Waals surface area contributed by atoms with Gasteiger partial charge >= 0.3 is 5.97 Å². The summed E-state index contributed by atoms with van der Waals surface area (Å²) in [4.78, 5) is 50.7. The number of carbonyl (C=O) groups excluding carboxylic acids is 4. The first kappa shape index (κ1) is 27.3. The molecule has 0 aliphatic rings. The molecule has 3 aromatic rings. The van der Waals surface area contributed by atoms with Crippen molar-refractivity contribution in [2.45, 2.75) is 19.0 Å². The maximum absolute atomic E-state index is 12.9. The number of thiophene rings is 2. The van der Waals surface area contributed by atoms with Crippen LogP contribution in [0.1, 0.15) is 45.7 Å². The van der Waals surface area contributed by atoms with E-state index in [1.165, 1.54) is 17.4 Å². The van der Waals surface area contributed by atoms with Gasteiger partial charge in [-0.2, -0.15) is 5.26 Å². The summed E-state index contributed by atoms with van der Waals surface area (Å²) in [5.74, 6) is -2.35. The quantitative estimate of drug-likeness (QED) is 0.254. The number of methoxy groups -OCH3 is 1. The SMILES string of the molecule is C=CCc1cccc(CNC(=O)c2cc(C#N)c(C(=O)NC(CNC(=O)c3cccs3)C(=O)OC)s2)c1. The van der Waals surface area contributed by atoms with Crippen LogP contribution in [0.2, 0.25) is 0 Å². The number of ether oxygens (including phenoxy) is 1. The number of nitrogens with one attached hydrogen (secondary N) is 3. The highest BCUT2D eigenvalue weighted by molar-refractivity contribution is 7.16. The lowest BCUT2D eigenvalue weighted by Crippen LogP contribution is -2.48. The monoisotopic (exact) mass is 536 g/mol. The molecule has 9 nitrogen and oxygen atoms in total. The van der Waals surface area contributed by atoms with E-state index in [-0.39, 0.29) is 28.4 Å². The predicted molar refractivity (Wildman–Crippen MR) is 140 cm³/mol. The molecule has 0 saturated heterocycles. The van der Waals surface area contributed by atoms with Gasteiger partial charge in [-0.05, 0) is 35.1 Å². The Hall–Kier alpha value is -4.27. The Bertz CT molecular complexity index is 1340. The Balaban J connectivity index is 1.67. The van der Waals surface area contributed by atoms with Crippen LogP contribution in [-0.2, 0) is 22.5 Å². The summed E-state index contributed by atoms with van der Waals surface area (Å²) in [6, 6.07) is 13.1. The molecule has 1 atom stereocenters. The van der Waals surface area contributed by atoms with Gasteiger partial charge in [0.05, 0.1) is 22.4 Å². The van der Waals surface area contributed by atoms with Crippen molar-refractivity contribution < 1.29 is 23.9 Å². The molecule has 0 aliphatic heterocycles. The number of carbonyl (C=O) groups is 4. The molecule has 190 valence electrons. The van der Waals surface area contributed by atoms with Crippen molar-refractivity contribution in [3.8, 4) is 6.07 Å². The molecule has 2 aromatic heterocycles. The highest BCUT2D eigenvalue weighted by Gasteiger charge is 2.26. The number of hydrogen-bond donors (Lipinski definition) is 3. The van der Waals surface area contributed by atoms with Crippen LogP contribution in [0.15, 0.2) is 60.5 Å². The number of benzene rings is 1. The zero-order chi connectivity index (χ0) is 26.8. The molecule has 11 heteroatoms. The van der Waals surface area contributed by atoms with E-state index >= 15 is 0 Å². The van der Waals surface area contributed by atoms with Crippen LogP contribution in [0.3, 0.4) is 0 Å². The normalized spacial score (nSPS) is 11.0. The smallest absolute Gasteiger partial charge is 0.330 e. The van der Waals surface area contributed by atoms with E-state index in [1.54, 1.807) is 23.6 Å². The van der Waals surface area contributed by atoms with Crippen molar-refractivity contribution >= 4 is 46.4 Å². The van der Waals surface area contributed by atoms with Crippen LogP contribution in [0, 0.1) is 11.3 Å². The average Bonchev–Trinajstić information content (AvgIpc) is 3.60. The van der Waals surface area contributed by atoms with Gasteiger partial charge in [0.2, 0.25) is 0 Å². The maximum Gasteiger partial charge on any atom is 0.330 e. The first-order valence-electron chi connectivity index (χ1n) is 11.1. The number of rotatable bonds is 11. The summed E-state index contributed by atoms with van der Waals surface area (Å²) in [5, 5.41) is 19.1. The molecule has 0 bridgehead atoms. The van der Waals surface area contributed by atoms with Crippen molar-refractivity contribution in [3.05, 3.63) is 91.8 Å². The first-order chi connectivity index (χ1) is 17.9. The molecule has 1 aromatic carbocycles. The van der Waals surface area contributed by atoms with E-state index in [0.29, 0.717) is 11.3 Å². The van der Waals surface area contributed by atoms with Crippen molar-refractivity contribution in [2.75, 3.05) is 13.7 Å². The topological polar surface area (TPSA) is 137 Å².